The normalized spacial score (nSPS) is 25.6. The molecule has 2 rings (SSSR count). The van der Waals surface area contributed by atoms with Gasteiger partial charge in [0, 0.05) is 19.6 Å². The second-order valence-corrected chi connectivity index (χ2v) is 5.45. The van der Waals surface area contributed by atoms with Gasteiger partial charge in [0.15, 0.2) is 4.60 Å². The van der Waals surface area contributed by atoms with Crippen molar-refractivity contribution in [2.45, 2.75) is 38.8 Å². The van der Waals surface area contributed by atoms with E-state index in [4.69, 9.17) is 4.74 Å². The van der Waals surface area contributed by atoms with Gasteiger partial charge in [-0.25, -0.2) is 4.68 Å². The number of rotatable bonds is 5. The van der Waals surface area contributed by atoms with Gasteiger partial charge in [-0.15, -0.1) is 5.10 Å². The molecule has 0 aromatic carbocycles. The Balaban J connectivity index is 2.28. The minimum atomic E-state index is 0.247. The summed E-state index contributed by atoms with van der Waals surface area (Å²) in [6, 6.07) is 0.247. The summed E-state index contributed by atoms with van der Waals surface area (Å²) in [5.74, 6) is 0.489. The van der Waals surface area contributed by atoms with Crippen molar-refractivity contribution < 1.29 is 4.74 Å². The van der Waals surface area contributed by atoms with Gasteiger partial charge in [-0.1, -0.05) is 19.1 Å². The van der Waals surface area contributed by atoms with Crippen LogP contribution >= 0.6 is 15.9 Å². The fraction of sp³-hybridized carbons (Fsp3) is 0.833. The zero-order valence-electron chi connectivity index (χ0n) is 11.2. The Kier molecular flexibility index (Phi) is 4.75. The lowest BCUT2D eigenvalue weighted by atomic mass is 9.89. The highest BCUT2D eigenvalue weighted by Gasteiger charge is 2.36. The van der Waals surface area contributed by atoms with E-state index in [-0.39, 0.29) is 6.04 Å². The van der Waals surface area contributed by atoms with Gasteiger partial charge < -0.3 is 10.1 Å². The van der Waals surface area contributed by atoms with Crippen LogP contribution in [0.1, 0.15) is 38.4 Å². The fourth-order valence-electron chi connectivity index (χ4n) is 2.81. The van der Waals surface area contributed by atoms with E-state index in [1.807, 2.05) is 11.7 Å². The van der Waals surface area contributed by atoms with Gasteiger partial charge in [0.1, 0.15) is 0 Å². The standard InChI is InChI=1S/C12H21BrN4O/c1-4-9-8(6-7-18-9)10(14-5-2)11-12(13)15-16-17(11)3/h8-10,14H,4-7H2,1-3H3. The lowest BCUT2D eigenvalue weighted by Crippen LogP contribution is -2.34. The molecule has 1 aliphatic rings. The van der Waals surface area contributed by atoms with Crippen LogP contribution in [0.3, 0.4) is 0 Å². The molecule has 1 saturated heterocycles. The van der Waals surface area contributed by atoms with Gasteiger partial charge in [-0.3, -0.25) is 0 Å². The van der Waals surface area contributed by atoms with Crippen LogP contribution in [-0.2, 0) is 11.8 Å². The van der Waals surface area contributed by atoms with Crippen LogP contribution in [0.25, 0.3) is 0 Å². The highest BCUT2D eigenvalue weighted by molar-refractivity contribution is 9.10. The van der Waals surface area contributed by atoms with Gasteiger partial charge in [-0.2, -0.15) is 0 Å². The summed E-state index contributed by atoms with van der Waals surface area (Å²) in [7, 11) is 1.94. The molecule has 0 bridgehead atoms. The first kappa shape index (κ1) is 14.0. The van der Waals surface area contributed by atoms with E-state index in [0.29, 0.717) is 12.0 Å². The van der Waals surface area contributed by atoms with Crippen LogP contribution in [0.2, 0.25) is 0 Å². The molecule has 2 heterocycles. The quantitative estimate of drug-likeness (QED) is 0.903. The summed E-state index contributed by atoms with van der Waals surface area (Å²) in [6.45, 7) is 6.09. The van der Waals surface area contributed by atoms with Crippen molar-refractivity contribution in [3.63, 3.8) is 0 Å². The average molecular weight is 317 g/mol. The summed E-state index contributed by atoms with van der Waals surface area (Å²) in [5, 5.41) is 11.7. The van der Waals surface area contributed by atoms with Gasteiger partial charge in [0.2, 0.25) is 0 Å². The number of nitrogens with one attached hydrogen (secondary N) is 1. The molecule has 0 spiro atoms. The maximum Gasteiger partial charge on any atom is 0.153 e. The first-order valence-corrected chi connectivity index (χ1v) is 7.38. The molecule has 1 fully saturated rings. The second-order valence-electron chi connectivity index (χ2n) is 4.69. The van der Waals surface area contributed by atoms with Crippen molar-refractivity contribution in [1.29, 1.82) is 0 Å². The molecule has 0 radical (unpaired) electrons. The van der Waals surface area contributed by atoms with Crippen molar-refractivity contribution >= 4 is 15.9 Å². The van der Waals surface area contributed by atoms with Gasteiger partial charge in [0.05, 0.1) is 17.8 Å². The third-order valence-electron chi connectivity index (χ3n) is 3.64. The fourth-order valence-corrected chi connectivity index (χ4v) is 3.38. The maximum absolute atomic E-state index is 5.81. The van der Waals surface area contributed by atoms with E-state index >= 15 is 0 Å². The summed E-state index contributed by atoms with van der Waals surface area (Å²) >= 11 is 3.50. The summed E-state index contributed by atoms with van der Waals surface area (Å²) in [5.41, 5.74) is 1.12. The van der Waals surface area contributed by atoms with Crippen LogP contribution in [-0.4, -0.2) is 34.2 Å². The molecule has 1 aromatic rings. The molecule has 18 heavy (non-hydrogen) atoms. The zero-order valence-corrected chi connectivity index (χ0v) is 12.8. The Morgan fingerprint density at radius 2 is 2.33 bits per heavy atom. The lowest BCUT2D eigenvalue weighted by molar-refractivity contribution is 0.0766. The molecule has 6 heteroatoms. The second kappa shape index (κ2) is 6.12. The molecule has 102 valence electrons. The molecule has 1 aromatic heterocycles. The molecule has 0 amide bonds. The predicted octanol–water partition coefficient (Wildman–Crippen LogP) is 2.04. The van der Waals surface area contributed by atoms with E-state index in [1.165, 1.54) is 0 Å². The van der Waals surface area contributed by atoms with Crippen LogP contribution < -0.4 is 5.32 Å². The molecule has 3 unspecified atom stereocenters. The van der Waals surface area contributed by atoms with Gasteiger partial charge in [0.25, 0.3) is 0 Å². The topological polar surface area (TPSA) is 52.0 Å². The molecule has 0 saturated carbocycles. The minimum Gasteiger partial charge on any atom is -0.378 e. The zero-order chi connectivity index (χ0) is 13.1. The van der Waals surface area contributed by atoms with Crippen LogP contribution in [0, 0.1) is 5.92 Å². The molecular weight excluding hydrogens is 296 g/mol. The first-order valence-electron chi connectivity index (χ1n) is 6.59. The van der Waals surface area contributed by atoms with Gasteiger partial charge >= 0.3 is 0 Å². The van der Waals surface area contributed by atoms with Crippen LogP contribution in [0.5, 0.6) is 0 Å². The van der Waals surface area contributed by atoms with Crippen molar-refractivity contribution in [3.8, 4) is 0 Å². The summed E-state index contributed by atoms with van der Waals surface area (Å²) < 4.78 is 8.50. The Labute approximate surface area is 116 Å². The third kappa shape index (κ3) is 2.60. The Morgan fingerprint density at radius 1 is 1.56 bits per heavy atom. The maximum atomic E-state index is 5.81. The van der Waals surface area contributed by atoms with Crippen molar-refractivity contribution in [1.82, 2.24) is 20.3 Å². The van der Waals surface area contributed by atoms with Crippen LogP contribution in [0.4, 0.5) is 0 Å². The van der Waals surface area contributed by atoms with E-state index in [1.54, 1.807) is 0 Å². The number of aryl methyl sites for hydroxylation is 1. The Bertz CT molecular complexity index is 376. The van der Waals surface area contributed by atoms with Crippen LogP contribution in [0.15, 0.2) is 4.60 Å². The van der Waals surface area contributed by atoms with E-state index < -0.39 is 0 Å². The summed E-state index contributed by atoms with van der Waals surface area (Å²) in [6.07, 6.45) is 2.47. The SMILES string of the molecule is CCNC(c1c(Br)nnn1C)C1CCOC1CC. The molecule has 1 N–H and O–H groups in total. The van der Waals surface area contributed by atoms with E-state index in [0.717, 1.165) is 36.3 Å². The number of nitrogens with zero attached hydrogens (tertiary/aromatic N) is 3. The molecule has 5 nitrogen and oxygen atoms in total. The predicted molar refractivity (Wildman–Crippen MR) is 73.3 cm³/mol. The highest BCUT2D eigenvalue weighted by atomic mass is 79.9. The molecule has 0 aliphatic carbocycles. The number of hydrogen-bond donors (Lipinski definition) is 1. The largest absolute Gasteiger partial charge is 0.378 e. The van der Waals surface area contributed by atoms with E-state index in [2.05, 4.69) is 45.4 Å². The molecule has 3 atom stereocenters. The number of halogens is 1. The highest BCUT2D eigenvalue weighted by Crippen LogP contribution is 2.36. The average Bonchev–Trinajstić information content (AvgIpc) is 2.94. The third-order valence-corrected chi connectivity index (χ3v) is 4.20. The summed E-state index contributed by atoms with van der Waals surface area (Å²) in [4.78, 5) is 0. The first-order chi connectivity index (χ1) is 8.69. The number of aromatic nitrogens is 3. The Morgan fingerprint density at radius 3 is 2.89 bits per heavy atom. The molecular formula is C12H21BrN4O. The smallest absolute Gasteiger partial charge is 0.153 e. The lowest BCUT2D eigenvalue weighted by Gasteiger charge is -2.27. The minimum absolute atomic E-state index is 0.247. The monoisotopic (exact) mass is 316 g/mol. The van der Waals surface area contributed by atoms with Crippen molar-refractivity contribution in [2.24, 2.45) is 13.0 Å². The van der Waals surface area contributed by atoms with Gasteiger partial charge in [-0.05, 0) is 35.3 Å². The number of ether oxygens (including phenoxy) is 1. The van der Waals surface area contributed by atoms with E-state index in [9.17, 15) is 0 Å². The number of hydrogen-bond acceptors (Lipinski definition) is 4. The van der Waals surface area contributed by atoms with Crippen molar-refractivity contribution in [3.05, 3.63) is 10.3 Å². The Hall–Kier alpha value is -0.460. The van der Waals surface area contributed by atoms with Crippen molar-refractivity contribution in [2.75, 3.05) is 13.2 Å². The molecule has 1 aliphatic heterocycles.